The third-order valence-electron chi connectivity index (χ3n) is 4.92. The topological polar surface area (TPSA) is 55.8 Å². The molecule has 1 aliphatic heterocycles. The number of hydrogen-bond donors (Lipinski definition) is 0. The fraction of sp³-hybridized carbons (Fsp3) is 0.700. The molecule has 0 aromatic carbocycles. The highest BCUT2D eigenvalue weighted by molar-refractivity contribution is 7.12. The highest BCUT2D eigenvalue weighted by Crippen LogP contribution is 2.27. The van der Waals surface area contributed by atoms with Gasteiger partial charge in [-0.15, -0.1) is 11.3 Å². The van der Waals surface area contributed by atoms with E-state index < -0.39 is 5.54 Å². The summed E-state index contributed by atoms with van der Waals surface area (Å²) < 4.78 is 10.7. The van der Waals surface area contributed by atoms with Crippen molar-refractivity contribution < 1.29 is 19.1 Å². The number of ketones is 1. The van der Waals surface area contributed by atoms with Crippen LogP contribution in [0.3, 0.4) is 0 Å². The fourth-order valence-corrected chi connectivity index (χ4v) is 4.08. The molecule has 0 saturated carbocycles. The maximum absolute atomic E-state index is 13.0. The Morgan fingerprint density at radius 1 is 1.35 bits per heavy atom. The standard InChI is InChI=1S/C20H31NO4S/c1-5-6-9-25-19(23)15(2)12-16-13-17(26-14-16)18(22)20(3,4)21-7-10-24-11-8-21/h13-15H,5-12H2,1-4H3. The number of esters is 1. The van der Waals surface area contributed by atoms with Crippen molar-refractivity contribution in [2.24, 2.45) is 5.92 Å². The molecular formula is C20H31NO4S. The molecule has 0 aliphatic carbocycles. The molecule has 146 valence electrons. The van der Waals surface area contributed by atoms with Gasteiger partial charge in [0.1, 0.15) is 0 Å². The minimum atomic E-state index is -0.545. The van der Waals surface area contributed by atoms with Crippen LogP contribution in [0.5, 0.6) is 0 Å². The van der Waals surface area contributed by atoms with E-state index in [4.69, 9.17) is 9.47 Å². The van der Waals surface area contributed by atoms with Crippen molar-refractivity contribution in [1.82, 2.24) is 4.90 Å². The number of thiophene rings is 1. The van der Waals surface area contributed by atoms with Gasteiger partial charge in [0, 0.05) is 13.1 Å². The lowest BCUT2D eigenvalue weighted by Gasteiger charge is -2.39. The third-order valence-corrected chi connectivity index (χ3v) is 5.90. The quantitative estimate of drug-likeness (QED) is 0.372. The van der Waals surface area contributed by atoms with Crippen LogP contribution in [0.2, 0.25) is 0 Å². The van der Waals surface area contributed by atoms with Gasteiger partial charge in [-0.3, -0.25) is 14.5 Å². The maximum Gasteiger partial charge on any atom is 0.308 e. The summed E-state index contributed by atoms with van der Waals surface area (Å²) in [6.45, 7) is 11.3. The van der Waals surface area contributed by atoms with Gasteiger partial charge < -0.3 is 9.47 Å². The van der Waals surface area contributed by atoms with Crippen molar-refractivity contribution in [2.45, 2.75) is 52.5 Å². The third kappa shape index (κ3) is 5.38. The van der Waals surface area contributed by atoms with E-state index in [1.54, 1.807) is 0 Å². The minimum Gasteiger partial charge on any atom is -0.465 e. The monoisotopic (exact) mass is 381 g/mol. The van der Waals surface area contributed by atoms with Crippen LogP contribution in [0.1, 0.15) is 55.8 Å². The number of rotatable bonds is 9. The first-order chi connectivity index (χ1) is 12.4. The molecule has 5 nitrogen and oxygen atoms in total. The SMILES string of the molecule is CCCCOC(=O)C(C)Cc1csc(C(=O)C(C)(C)N2CCOCC2)c1. The van der Waals surface area contributed by atoms with Crippen molar-refractivity contribution in [2.75, 3.05) is 32.9 Å². The summed E-state index contributed by atoms with van der Waals surface area (Å²) in [4.78, 5) is 28.0. The molecule has 2 rings (SSSR count). The van der Waals surface area contributed by atoms with Crippen molar-refractivity contribution in [3.8, 4) is 0 Å². The van der Waals surface area contributed by atoms with Crippen LogP contribution in [0.4, 0.5) is 0 Å². The molecule has 2 heterocycles. The van der Waals surface area contributed by atoms with E-state index in [-0.39, 0.29) is 17.7 Å². The Balaban J connectivity index is 1.95. The second-order valence-corrected chi connectivity index (χ2v) is 8.34. The number of hydrogen-bond acceptors (Lipinski definition) is 6. The van der Waals surface area contributed by atoms with Crippen molar-refractivity contribution in [1.29, 1.82) is 0 Å². The molecule has 0 radical (unpaired) electrons. The molecule has 1 aliphatic rings. The number of nitrogens with zero attached hydrogens (tertiary/aromatic N) is 1. The van der Waals surface area contributed by atoms with Crippen LogP contribution >= 0.6 is 11.3 Å². The molecule has 1 saturated heterocycles. The number of carbonyl (C=O) groups excluding carboxylic acids is 2. The summed E-state index contributed by atoms with van der Waals surface area (Å²) >= 11 is 1.46. The first kappa shape index (κ1) is 21.1. The average Bonchev–Trinajstić information content (AvgIpc) is 3.10. The Labute approximate surface area is 160 Å². The van der Waals surface area contributed by atoms with E-state index in [2.05, 4.69) is 11.8 Å². The van der Waals surface area contributed by atoms with Crippen molar-refractivity contribution >= 4 is 23.1 Å². The van der Waals surface area contributed by atoms with E-state index in [0.717, 1.165) is 36.4 Å². The summed E-state index contributed by atoms with van der Waals surface area (Å²) in [5.74, 6) is -0.225. The highest BCUT2D eigenvalue weighted by Gasteiger charge is 2.36. The highest BCUT2D eigenvalue weighted by atomic mass is 32.1. The fourth-order valence-electron chi connectivity index (χ4n) is 3.07. The van der Waals surface area contributed by atoms with Gasteiger partial charge in [0.25, 0.3) is 0 Å². The smallest absolute Gasteiger partial charge is 0.308 e. The van der Waals surface area contributed by atoms with Crippen LogP contribution in [0.25, 0.3) is 0 Å². The molecular weight excluding hydrogens is 350 g/mol. The van der Waals surface area contributed by atoms with Crippen molar-refractivity contribution in [3.63, 3.8) is 0 Å². The van der Waals surface area contributed by atoms with Gasteiger partial charge in [0.2, 0.25) is 0 Å². The second-order valence-electron chi connectivity index (χ2n) is 7.43. The molecule has 1 aromatic heterocycles. The Morgan fingerprint density at radius 2 is 2.04 bits per heavy atom. The largest absolute Gasteiger partial charge is 0.465 e. The zero-order valence-electron chi connectivity index (χ0n) is 16.4. The molecule has 1 aromatic rings. The lowest BCUT2D eigenvalue weighted by atomic mass is 9.94. The van der Waals surface area contributed by atoms with Gasteiger partial charge in [-0.05, 0) is 43.7 Å². The predicted molar refractivity (Wildman–Crippen MR) is 104 cm³/mol. The first-order valence-corrected chi connectivity index (χ1v) is 10.4. The molecule has 6 heteroatoms. The van der Waals surface area contributed by atoms with E-state index in [1.165, 1.54) is 11.3 Å². The van der Waals surface area contributed by atoms with Gasteiger partial charge in [-0.2, -0.15) is 0 Å². The average molecular weight is 382 g/mol. The first-order valence-electron chi connectivity index (χ1n) is 9.48. The van der Waals surface area contributed by atoms with E-state index in [0.29, 0.717) is 26.2 Å². The van der Waals surface area contributed by atoms with Crippen LogP contribution in [-0.4, -0.2) is 55.1 Å². The van der Waals surface area contributed by atoms with Crippen LogP contribution in [0, 0.1) is 5.92 Å². The van der Waals surface area contributed by atoms with Gasteiger partial charge >= 0.3 is 5.97 Å². The molecule has 0 spiro atoms. The Bertz CT molecular complexity index is 605. The molecule has 0 N–H and O–H groups in total. The normalized spacial score (nSPS) is 17.1. The summed E-state index contributed by atoms with van der Waals surface area (Å²) in [5.41, 5.74) is 0.479. The number of morpholine rings is 1. The molecule has 1 fully saturated rings. The van der Waals surface area contributed by atoms with Gasteiger partial charge in [-0.25, -0.2) is 0 Å². The van der Waals surface area contributed by atoms with Gasteiger partial charge in [0.05, 0.1) is 36.2 Å². The molecule has 0 amide bonds. The molecule has 0 bridgehead atoms. The Hall–Kier alpha value is -1.24. The Morgan fingerprint density at radius 3 is 2.69 bits per heavy atom. The van der Waals surface area contributed by atoms with Gasteiger partial charge in [0.15, 0.2) is 5.78 Å². The van der Waals surface area contributed by atoms with Gasteiger partial charge in [-0.1, -0.05) is 20.3 Å². The summed E-state index contributed by atoms with van der Waals surface area (Å²) in [5, 5.41) is 1.98. The van der Waals surface area contributed by atoms with Crippen LogP contribution in [-0.2, 0) is 20.7 Å². The lowest BCUT2D eigenvalue weighted by Crippen LogP contribution is -2.54. The number of ether oxygens (including phenoxy) is 2. The zero-order chi connectivity index (χ0) is 19.2. The summed E-state index contributed by atoms with van der Waals surface area (Å²) in [7, 11) is 0. The molecule has 26 heavy (non-hydrogen) atoms. The van der Waals surface area contributed by atoms with E-state index in [9.17, 15) is 9.59 Å². The maximum atomic E-state index is 13.0. The lowest BCUT2D eigenvalue weighted by molar-refractivity contribution is -0.148. The number of carbonyl (C=O) groups is 2. The predicted octanol–water partition coefficient (Wildman–Crippen LogP) is 3.56. The molecule has 1 unspecified atom stereocenters. The van der Waals surface area contributed by atoms with Crippen LogP contribution in [0.15, 0.2) is 11.4 Å². The summed E-state index contributed by atoms with van der Waals surface area (Å²) in [6.07, 6.45) is 2.51. The van der Waals surface area contributed by atoms with Crippen molar-refractivity contribution in [3.05, 3.63) is 21.9 Å². The Kier molecular flexibility index (Phi) is 7.80. The van der Waals surface area contributed by atoms with E-state index >= 15 is 0 Å². The number of unbranched alkanes of at least 4 members (excludes halogenated alkanes) is 1. The summed E-state index contributed by atoms with van der Waals surface area (Å²) in [6, 6.07) is 1.94. The minimum absolute atomic E-state index is 0.133. The molecule has 1 atom stereocenters. The number of Topliss-reactive ketones (excluding diaryl/α,β-unsaturated/α-hetero) is 1. The van der Waals surface area contributed by atoms with E-state index in [1.807, 2.05) is 32.2 Å². The van der Waals surface area contributed by atoms with Crippen LogP contribution < -0.4 is 0 Å². The zero-order valence-corrected chi connectivity index (χ0v) is 17.2. The second kappa shape index (κ2) is 9.62.